The number of alkyl halides is 4. The Balaban J connectivity index is 0.000000318. The lowest BCUT2D eigenvalue weighted by Crippen LogP contribution is -2.45. The molecule has 6 unspecified atom stereocenters. The molecule has 1 amide bonds. The zero-order valence-corrected chi connectivity index (χ0v) is 31.2. The Morgan fingerprint density at radius 1 is 1.10 bits per heavy atom. The molecular formula is C37H56B2F4N2O3S. The molecule has 1 N–H and O–H groups in total. The van der Waals surface area contributed by atoms with Gasteiger partial charge in [0, 0.05) is 24.5 Å². The third kappa shape index (κ3) is 10.7. The molecule has 1 aliphatic heterocycles. The van der Waals surface area contributed by atoms with Crippen molar-refractivity contribution >= 4 is 40.2 Å². The van der Waals surface area contributed by atoms with Gasteiger partial charge in [-0.1, -0.05) is 54.0 Å². The van der Waals surface area contributed by atoms with Crippen molar-refractivity contribution < 1.29 is 31.9 Å². The highest BCUT2D eigenvalue weighted by atomic mass is 32.1. The molecule has 1 aromatic rings. The molecule has 0 bridgehead atoms. The molecule has 1 saturated heterocycles. The number of aryl methyl sites for hydroxylation is 1. The van der Waals surface area contributed by atoms with Crippen molar-refractivity contribution in [2.45, 2.75) is 135 Å². The van der Waals surface area contributed by atoms with Crippen LogP contribution in [-0.4, -0.2) is 81.5 Å². The molecule has 1 heterocycles. The first-order chi connectivity index (χ1) is 22.8. The summed E-state index contributed by atoms with van der Waals surface area (Å²) >= 11 is 3.72. The van der Waals surface area contributed by atoms with E-state index in [0.29, 0.717) is 41.2 Å². The van der Waals surface area contributed by atoms with Crippen LogP contribution in [0.2, 0.25) is 0 Å². The zero-order chi connectivity index (χ0) is 36.8. The number of rotatable bonds is 7. The molecule has 1 aromatic carbocycles. The lowest BCUT2D eigenvalue weighted by atomic mass is 9.55. The highest BCUT2D eigenvalue weighted by Crippen LogP contribution is 2.60. The molecule has 5 rings (SSSR count). The molecule has 3 aliphatic carbocycles. The minimum Gasteiger partial charge on any atom is -0.410 e. The van der Waals surface area contributed by atoms with Crippen LogP contribution in [0.25, 0.3) is 0 Å². The maximum absolute atomic E-state index is 14.3. The lowest BCUT2D eigenvalue weighted by Gasteiger charge is -2.48. The highest BCUT2D eigenvalue weighted by molar-refractivity contribution is 7.80. The molecule has 0 spiro atoms. The number of carbonyl (C=O) groups excluding carboxylic acids is 2. The van der Waals surface area contributed by atoms with Crippen molar-refractivity contribution in [2.24, 2.45) is 22.7 Å². The Bertz CT molecular complexity index is 1250. The van der Waals surface area contributed by atoms with Crippen molar-refractivity contribution in [3.63, 3.8) is 0 Å². The van der Waals surface area contributed by atoms with Crippen molar-refractivity contribution in [3.8, 4) is 5.75 Å². The first kappa shape index (κ1) is 41.7. The number of amides is 1. The average Bonchev–Trinajstić information content (AvgIpc) is 3.28. The Morgan fingerprint density at radius 2 is 1.73 bits per heavy atom. The molecule has 3 fully saturated rings. The van der Waals surface area contributed by atoms with Crippen LogP contribution in [0.1, 0.15) is 116 Å². The second kappa shape index (κ2) is 17.2. The molecule has 4 radical (unpaired) electrons. The second-order valence-corrected chi connectivity index (χ2v) is 16.2. The summed E-state index contributed by atoms with van der Waals surface area (Å²) in [6.45, 7) is 15.4. The maximum atomic E-state index is 14.3. The summed E-state index contributed by atoms with van der Waals surface area (Å²) in [6.07, 6.45) is 5.30. The molecule has 2 saturated carbocycles. The first-order valence-corrected chi connectivity index (χ1v) is 18.7. The summed E-state index contributed by atoms with van der Waals surface area (Å²) < 4.78 is 56.8. The quantitative estimate of drug-likeness (QED) is 0.170. The minimum atomic E-state index is -3.98. The fourth-order valence-electron chi connectivity index (χ4n) is 7.59. The summed E-state index contributed by atoms with van der Waals surface area (Å²) in [5.41, 5.74) is -0.500. The smallest absolute Gasteiger partial charge is 0.410 e. The molecule has 272 valence electrons. The topological polar surface area (TPSA) is 58.6 Å². The number of carbonyl (C=O) groups is 2. The van der Waals surface area contributed by atoms with Crippen LogP contribution in [0.3, 0.4) is 0 Å². The van der Waals surface area contributed by atoms with Gasteiger partial charge in [-0.2, -0.15) is 12.6 Å². The molecule has 0 aromatic heterocycles. The summed E-state index contributed by atoms with van der Waals surface area (Å²) in [5, 5.41) is 3.45. The van der Waals surface area contributed by atoms with Crippen LogP contribution in [0.15, 0.2) is 18.2 Å². The van der Waals surface area contributed by atoms with E-state index in [-0.39, 0.29) is 24.2 Å². The number of nitrogens with one attached hydrogen (secondary N) is 1. The van der Waals surface area contributed by atoms with Crippen LogP contribution in [-0.2, 0) is 11.2 Å². The monoisotopic (exact) mass is 706 g/mol. The number of ether oxygens (including phenoxy) is 1. The van der Waals surface area contributed by atoms with Gasteiger partial charge in [-0.15, -0.1) is 0 Å². The highest BCUT2D eigenvalue weighted by Gasteiger charge is 2.58. The fourth-order valence-corrected chi connectivity index (χ4v) is 7.75. The zero-order valence-electron chi connectivity index (χ0n) is 30.3. The molecular weight excluding hydrogens is 650 g/mol. The van der Waals surface area contributed by atoms with E-state index in [4.69, 9.17) is 4.74 Å². The number of piperidine rings is 1. The maximum Gasteiger partial charge on any atom is 0.415 e. The van der Waals surface area contributed by atoms with E-state index in [1.807, 2.05) is 19.1 Å². The molecule has 12 heteroatoms. The van der Waals surface area contributed by atoms with Gasteiger partial charge in [-0.05, 0) is 117 Å². The molecule has 49 heavy (non-hydrogen) atoms. The van der Waals surface area contributed by atoms with E-state index in [9.17, 15) is 27.2 Å². The van der Waals surface area contributed by atoms with Gasteiger partial charge < -0.3 is 15.0 Å². The minimum absolute atomic E-state index is 0.152. The van der Waals surface area contributed by atoms with Crippen molar-refractivity contribution in [3.05, 3.63) is 29.3 Å². The SMILES string of the molecule is CCC(C)(C)C.CCNC1CCN(C(=O)Oc2ccc3c(c2)CCC2C3CCC3(C)C(=O)C(F)CC23)CC1.[B]C(F)(F)C([B])(F)CCCS. The summed E-state index contributed by atoms with van der Waals surface area (Å²) in [7, 11) is 8.80. The van der Waals surface area contributed by atoms with Gasteiger partial charge in [-0.25, -0.2) is 22.4 Å². The summed E-state index contributed by atoms with van der Waals surface area (Å²) in [4.78, 5) is 26.9. The normalized spacial score (nSPS) is 28.1. The second-order valence-electron chi connectivity index (χ2n) is 15.7. The van der Waals surface area contributed by atoms with Gasteiger partial charge in [0.2, 0.25) is 5.82 Å². The number of benzene rings is 1. The summed E-state index contributed by atoms with van der Waals surface area (Å²) in [5.74, 6) is -2.32. The Kier molecular flexibility index (Phi) is 14.7. The predicted octanol–water partition coefficient (Wildman–Crippen LogP) is 8.37. The van der Waals surface area contributed by atoms with Gasteiger partial charge in [-0.3, -0.25) is 4.79 Å². The number of thiol groups is 1. The van der Waals surface area contributed by atoms with E-state index in [0.717, 1.165) is 58.2 Å². The predicted molar refractivity (Wildman–Crippen MR) is 194 cm³/mol. The van der Waals surface area contributed by atoms with Gasteiger partial charge in [0.15, 0.2) is 19.8 Å². The van der Waals surface area contributed by atoms with E-state index in [1.54, 1.807) is 4.90 Å². The van der Waals surface area contributed by atoms with Crippen molar-refractivity contribution in [2.75, 3.05) is 25.4 Å². The standard InChI is InChI=1S/C26H35FN2O3.C6H14.C5H7B2F3S/c1-3-28-17-9-12-29(13-10-17)25(31)32-18-5-7-19-16(14-18)4-6-21-20(19)8-11-26(2)22(21)15-23(27)24(26)30;1-5-6(2,3)4;6-4(8,2-1-3-11)5(7,9)10/h5,7,14,17,20-23,28H,3-4,6,8-13,15H2,1-2H3;5H2,1-4H3;11H,1-3H2. The number of nitrogens with zero attached hydrogens (tertiary/aromatic N) is 1. The van der Waals surface area contributed by atoms with Crippen molar-refractivity contribution in [1.29, 1.82) is 0 Å². The van der Waals surface area contributed by atoms with E-state index >= 15 is 0 Å². The number of likely N-dealkylation sites (tertiary alicyclic amines) is 1. The largest absolute Gasteiger partial charge is 0.415 e. The molecule has 6 atom stereocenters. The fraction of sp³-hybridized carbons (Fsp3) is 0.784. The van der Waals surface area contributed by atoms with E-state index in [1.165, 1.54) is 17.5 Å². The number of Topliss-reactive ketones (excluding diaryl/α,β-unsaturated/α-hetero) is 1. The Morgan fingerprint density at radius 3 is 2.29 bits per heavy atom. The number of hydrogen-bond donors (Lipinski definition) is 2. The number of fused-ring (bicyclic) bond motifs is 5. The average molecular weight is 707 g/mol. The van der Waals surface area contributed by atoms with E-state index < -0.39 is 29.4 Å². The van der Waals surface area contributed by atoms with Crippen LogP contribution in [0, 0.1) is 22.7 Å². The molecule has 4 aliphatic rings. The third-order valence-electron chi connectivity index (χ3n) is 11.2. The van der Waals surface area contributed by atoms with Crippen LogP contribution < -0.4 is 10.1 Å². The summed E-state index contributed by atoms with van der Waals surface area (Å²) in [6, 6.07) is 6.54. The Labute approximate surface area is 300 Å². The molecule has 5 nitrogen and oxygen atoms in total. The first-order valence-electron chi connectivity index (χ1n) is 18.0. The van der Waals surface area contributed by atoms with Crippen LogP contribution >= 0.6 is 12.6 Å². The van der Waals surface area contributed by atoms with Crippen molar-refractivity contribution in [1.82, 2.24) is 10.2 Å². The van der Waals surface area contributed by atoms with Crippen LogP contribution in [0.5, 0.6) is 5.75 Å². The Hall–Kier alpha value is -1.68. The van der Waals surface area contributed by atoms with E-state index in [2.05, 4.69) is 74.3 Å². The lowest BCUT2D eigenvalue weighted by molar-refractivity contribution is -0.132. The number of halogens is 4. The third-order valence-corrected chi connectivity index (χ3v) is 11.5. The van der Waals surface area contributed by atoms with Crippen LogP contribution in [0.4, 0.5) is 22.4 Å². The number of hydrogen-bond acceptors (Lipinski definition) is 5. The van der Waals surface area contributed by atoms with Gasteiger partial charge >= 0.3 is 6.09 Å². The van der Waals surface area contributed by atoms with Gasteiger partial charge in [0.1, 0.15) is 19.2 Å². The van der Waals surface area contributed by atoms with Gasteiger partial charge in [0.05, 0.1) is 0 Å². The van der Waals surface area contributed by atoms with Gasteiger partial charge in [0.25, 0.3) is 0 Å². The number of ketones is 1.